The van der Waals surface area contributed by atoms with E-state index < -0.39 is 11.6 Å². The molecule has 0 saturated carbocycles. The number of ether oxygens (including phenoxy) is 1. The maximum atomic E-state index is 11.1. The highest BCUT2D eigenvalue weighted by Gasteiger charge is 2.04. The number of carbonyl (C=O) groups excluding carboxylic acids is 1. The molecule has 0 aliphatic rings. The van der Waals surface area contributed by atoms with Gasteiger partial charge in [-0.3, -0.25) is 0 Å². The van der Waals surface area contributed by atoms with Crippen molar-refractivity contribution >= 4 is 5.97 Å². The van der Waals surface area contributed by atoms with Gasteiger partial charge in [0.15, 0.2) is 0 Å². The van der Waals surface area contributed by atoms with Crippen LogP contribution in [0.5, 0.6) is 0 Å². The van der Waals surface area contributed by atoms with Gasteiger partial charge in [-0.2, -0.15) is 0 Å². The van der Waals surface area contributed by atoms with Crippen molar-refractivity contribution in [1.29, 1.82) is 0 Å². The number of esters is 1. The zero-order chi connectivity index (χ0) is 11.4. The highest BCUT2D eigenvalue weighted by atomic mass is 16.5. The average molecular weight is 208 g/mol. The van der Waals surface area contributed by atoms with Gasteiger partial charge in [0, 0.05) is 11.6 Å². The number of carbonyl (C=O) groups is 1. The molecule has 0 fully saturated rings. The van der Waals surface area contributed by atoms with Crippen LogP contribution in [-0.4, -0.2) is 5.97 Å². The number of rotatable bonds is 3. The highest BCUT2D eigenvalue weighted by Crippen LogP contribution is 2.03. The van der Waals surface area contributed by atoms with Gasteiger partial charge in [-0.15, -0.1) is 0 Å². The van der Waals surface area contributed by atoms with Gasteiger partial charge in [-0.05, 0) is 25.5 Å². The molecule has 0 aliphatic carbocycles. The molecule has 15 heavy (non-hydrogen) atoms. The highest BCUT2D eigenvalue weighted by molar-refractivity contribution is 5.86. The van der Waals surface area contributed by atoms with Crippen molar-refractivity contribution in [2.24, 2.45) is 0 Å². The molecule has 0 radical (unpaired) electrons. The summed E-state index contributed by atoms with van der Waals surface area (Å²) in [5.41, 5.74) is 0.490. The van der Waals surface area contributed by atoms with E-state index in [1.165, 1.54) is 6.07 Å². The molecule has 4 heteroatoms. The molecule has 1 heterocycles. The zero-order valence-corrected chi connectivity index (χ0v) is 8.70. The second kappa shape index (κ2) is 4.59. The van der Waals surface area contributed by atoms with Crippen molar-refractivity contribution < 1.29 is 13.9 Å². The first kappa shape index (κ1) is 11.2. The van der Waals surface area contributed by atoms with Crippen LogP contribution >= 0.6 is 0 Å². The summed E-state index contributed by atoms with van der Waals surface area (Å²) in [5, 5.41) is 0. The van der Waals surface area contributed by atoms with Gasteiger partial charge < -0.3 is 9.15 Å². The molecule has 0 amide bonds. The van der Waals surface area contributed by atoms with Crippen LogP contribution in [0.2, 0.25) is 0 Å². The molecule has 0 bridgehead atoms. The van der Waals surface area contributed by atoms with Crippen LogP contribution in [0.25, 0.3) is 0 Å². The van der Waals surface area contributed by atoms with E-state index in [1.807, 2.05) is 0 Å². The molecule has 0 aliphatic heterocycles. The molecular formula is C11H12O4. The van der Waals surface area contributed by atoms with Crippen LogP contribution in [0.15, 0.2) is 33.5 Å². The molecule has 0 spiro atoms. The summed E-state index contributed by atoms with van der Waals surface area (Å²) in [6.45, 7) is 6.72. The van der Waals surface area contributed by atoms with E-state index in [-0.39, 0.29) is 6.61 Å². The normalized spacial score (nSPS) is 9.73. The van der Waals surface area contributed by atoms with Gasteiger partial charge in [0.25, 0.3) is 0 Å². The molecule has 80 valence electrons. The molecule has 0 N–H and O–H groups in total. The van der Waals surface area contributed by atoms with Gasteiger partial charge in [0.1, 0.15) is 12.4 Å². The summed E-state index contributed by atoms with van der Waals surface area (Å²) < 4.78 is 9.64. The van der Waals surface area contributed by atoms with Gasteiger partial charge in [0.2, 0.25) is 0 Å². The predicted molar refractivity (Wildman–Crippen MR) is 54.3 cm³/mol. The Morgan fingerprint density at radius 3 is 2.73 bits per heavy atom. The van der Waals surface area contributed by atoms with Crippen LogP contribution in [0, 0.1) is 6.92 Å². The van der Waals surface area contributed by atoms with Gasteiger partial charge in [0.05, 0.1) is 0 Å². The van der Waals surface area contributed by atoms with Crippen molar-refractivity contribution in [2.75, 3.05) is 0 Å². The predicted octanol–water partition coefficient (Wildman–Crippen LogP) is 1.57. The Morgan fingerprint density at radius 2 is 2.20 bits per heavy atom. The lowest BCUT2D eigenvalue weighted by Crippen LogP contribution is -2.07. The van der Waals surface area contributed by atoms with Crippen molar-refractivity contribution in [2.45, 2.75) is 20.5 Å². The summed E-state index contributed by atoms with van der Waals surface area (Å²) in [6, 6.07) is 2.94. The molecule has 0 unspecified atom stereocenters. The molecule has 1 rings (SSSR count). The van der Waals surface area contributed by atoms with Crippen LogP contribution in [0.3, 0.4) is 0 Å². The summed E-state index contributed by atoms with van der Waals surface area (Å²) in [6.07, 6.45) is 0. The fourth-order valence-corrected chi connectivity index (χ4v) is 1.03. The Hall–Kier alpha value is -1.84. The third kappa shape index (κ3) is 3.42. The van der Waals surface area contributed by atoms with E-state index in [1.54, 1.807) is 19.9 Å². The third-order valence-electron chi connectivity index (χ3n) is 1.67. The van der Waals surface area contributed by atoms with E-state index >= 15 is 0 Å². The smallest absolute Gasteiger partial charge is 0.336 e. The lowest BCUT2D eigenvalue weighted by molar-refractivity contribution is -0.140. The first-order chi connectivity index (χ1) is 6.99. The zero-order valence-electron chi connectivity index (χ0n) is 8.70. The van der Waals surface area contributed by atoms with E-state index in [4.69, 9.17) is 9.15 Å². The molecule has 0 aromatic carbocycles. The minimum Gasteiger partial charge on any atom is -0.457 e. The second-order valence-corrected chi connectivity index (χ2v) is 3.25. The molecular weight excluding hydrogens is 196 g/mol. The van der Waals surface area contributed by atoms with Crippen LogP contribution in [0.4, 0.5) is 0 Å². The first-order valence-corrected chi connectivity index (χ1v) is 4.42. The van der Waals surface area contributed by atoms with Crippen LogP contribution < -0.4 is 5.63 Å². The SMILES string of the molecule is C=C(C)C(=O)OCc1cc(C)oc(=O)c1. The third-order valence-corrected chi connectivity index (χ3v) is 1.67. The Balaban J connectivity index is 2.70. The van der Waals surface area contributed by atoms with E-state index in [0.29, 0.717) is 16.9 Å². The van der Waals surface area contributed by atoms with E-state index in [2.05, 4.69) is 6.58 Å². The van der Waals surface area contributed by atoms with Gasteiger partial charge in [-0.25, -0.2) is 9.59 Å². The maximum absolute atomic E-state index is 11.1. The fourth-order valence-electron chi connectivity index (χ4n) is 1.03. The van der Waals surface area contributed by atoms with Crippen molar-refractivity contribution in [3.63, 3.8) is 0 Å². The Morgan fingerprint density at radius 1 is 1.53 bits per heavy atom. The average Bonchev–Trinajstić information content (AvgIpc) is 2.12. The van der Waals surface area contributed by atoms with Crippen molar-refractivity contribution in [3.05, 3.63) is 46.0 Å². The van der Waals surface area contributed by atoms with Gasteiger partial charge >= 0.3 is 11.6 Å². The first-order valence-electron chi connectivity index (χ1n) is 4.42. The number of hydrogen-bond donors (Lipinski definition) is 0. The Kier molecular flexibility index (Phi) is 3.44. The maximum Gasteiger partial charge on any atom is 0.336 e. The molecule has 1 aromatic rings. The second-order valence-electron chi connectivity index (χ2n) is 3.25. The monoisotopic (exact) mass is 208 g/mol. The largest absolute Gasteiger partial charge is 0.457 e. The molecule has 0 saturated heterocycles. The van der Waals surface area contributed by atoms with Crippen molar-refractivity contribution in [1.82, 2.24) is 0 Å². The minimum absolute atomic E-state index is 0.0537. The topological polar surface area (TPSA) is 56.5 Å². The Labute approximate surface area is 87.2 Å². The van der Waals surface area contributed by atoms with Crippen LogP contribution in [0.1, 0.15) is 18.2 Å². The summed E-state index contributed by atoms with van der Waals surface area (Å²) in [7, 11) is 0. The quantitative estimate of drug-likeness (QED) is 0.558. The molecule has 1 aromatic heterocycles. The molecule has 4 nitrogen and oxygen atoms in total. The number of hydrogen-bond acceptors (Lipinski definition) is 4. The minimum atomic E-state index is -0.471. The van der Waals surface area contributed by atoms with Crippen LogP contribution in [-0.2, 0) is 16.1 Å². The fraction of sp³-hybridized carbons (Fsp3) is 0.273. The summed E-state index contributed by atoms with van der Waals surface area (Å²) >= 11 is 0. The van der Waals surface area contributed by atoms with Gasteiger partial charge in [-0.1, -0.05) is 6.58 Å². The van der Waals surface area contributed by atoms with E-state index in [9.17, 15) is 9.59 Å². The lowest BCUT2D eigenvalue weighted by atomic mass is 10.2. The molecule has 0 atom stereocenters. The van der Waals surface area contributed by atoms with Crippen molar-refractivity contribution in [3.8, 4) is 0 Å². The standard InChI is InChI=1S/C11H12O4/c1-7(2)11(13)14-6-9-4-8(3)15-10(12)5-9/h4-5H,1,6H2,2-3H3. The summed E-state index contributed by atoms with van der Waals surface area (Å²) in [5.74, 6) is 0.0183. The van der Waals surface area contributed by atoms with E-state index in [0.717, 1.165) is 0 Å². The summed E-state index contributed by atoms with van der Waals surface area (Å²) in [4.78, 5) is 22.0. The Bertz CT molecular complexity index is 442. The lowest BCUT2D eigenvalue weighted by Gasteiger charge is -2.03. The number of aryl methyl sites for hydroxylation is 1.